The van der Waals surface area contributed by atoms with E-state index in [-0.39, 0.29) is 0 Å². The van der Waals surface area contributed by atoms with Crippen molar-refractivity contribution in [3.8, 4) is 50.2 Å². The van der Waals surface area contributed by atoms with Crippen LogP contribution in [-0.4, -0.2) is 9.55 Å². The van der Waals surface area contributed by atoms with Crippen LogP contribution in [0.3, 0.4) is 0 Å². The van der Waals surface area contributed by atoms with Crippen LogP contribution in [0.15, 0.2) is 146 Å². The molecule has 0 saturated heterocycles. The number of hydrogen-bond donors (Lipinski definition) is 0. The minimum absolute atomic E-state index is 1.01. The molecule has 0 amide bonds. The lowest BCUT2D eigenvalue weighted by atomic mass is 9.79. The number of aromatic nitrogens is 2. The van der Waals surface area contributed by atoms with Crippen LogP contribution in [0.4, 0.5) is 0 Å². The summed E-state index contributed by atoms with van der Waals surface area (Å²) in [4.78, 5) is 4.70. The third-order valence-electron chi connectivity index (χ3n) is 8.62. The highest BCUT2D eigenvalue weighted by atomic mass is 15.0. The van der Waals surface area contributed by atoms with Crippen molar-refractivity contribution in [2.24, 2.45) is 0 Å². The summed E-state index contributed by atoms with van der Waals surface area (Å²) in [5.41, 5.74) is 14.5. The van der Waals surface area contributed by atoms with E-state index in [1.54, 1.807) is 0 Å². The number of hydrogen-bond acceptors (Lipinski definition) is 1. The zero-order chi connectivity index (χ0) is 26.9. The van der Waals surface area contributed by atoms with Crippen LogP contribution in [0.5, 0.6) is 0 Å². The summed E-state index contributed by atoms with van der Waals surface area (Å²) in [5, 5.41) is 3.72. The number of rotatable bonds is 1. The second-order valence-corrected chi connectivity index (χ2v) is 10.7. The van der Waals surface area contributed by atoms with Gasteiger partial charge in [0.05, 0.1) is 16.6 Å². The third kappa shape index (κ3) is 3.16. The first-order valence-electron chi connectivity index (χ1n) is 14.1. The first-order valence-corrected chi connectivity index (χ1v) is 14.1. The van der Waals surface area contributed by atoms with E-state index < -0.39 is 0 Å². The van der Waals surface area contributed by atoms with Gasteiger partial charge in [-0.05, 0) is 80.9 Å². The summed E-state index contributed by atoms with van der Waals surface area (Å²) >= 11 is 0. The molecule has 0 spiro atoms. The highest BCUT2D eigenvalue weighted by Gasteiger charge is 2.24. The third-order valence-corrected chi connectivity index (χ3v) is 8.62. The van der Waals surface area contributed by atoms with Gasteiger partial charge in [-0.2, -0.15) is 0 Å². The number of para-hydroxylation sites is 2. The van der Waals surface area contributed by atoms with E-state index in [1.807, 2.05) is 12.3 Å². The molecule has 0 atom stereocenters. The fourth-order valence-electron chi connectivity index (χ4n) is 6.89. The normalized spacial score (nSPS) is 11.9. The van der Waals surface area contributed by atoms with Crippen LogP contribution in [0.1, 0.15) is 0 Å². The minimum Gasteiger partial charge on any atom is -0.309 e. The standard InChI is InChI=1S/C39H24N2/c1-2-12-28-26(10-1)33-21-22-36-34(16-9-23-40-36)39(33)32-15-4-3-11-27(32)29-20-19-25(24-35(28)29)41-37-17-7-5-13-30(37)31-14-6-8-18-38(31)41/h1-24H. The van der Waals surface area contributed by atoms with Crippen molar-refractivity contribution in [1.82, 2.24) is 9.55 Å². The topological polar surface area (TPSA) is 17.8 Å². The Kier molecular flexibility index (Phi) is 4.64. The zero-order valence-electron chi connectivity index (χ0n) is 22.3. The van der Waals surface area contributed by atoms with Crippen molar-refractivity contribution in [3.05, 3.63) is 146 Å². The van der Waals surface area contributed by atoms with Crippen LogP contribution in [-0.2, 0) is 0 Å². The monoisotopic (exact) mass is 520 g/mol. The predicted molar refractivity (Wildman–Crippen MR) is 171 cm³/mol. The maximum absolute atomic E-state index is 4.70. The van der Waals surface area contributed by atoms with Crippen molar-refractivity contribution < 1.29 is 0 Å². The van der Waals surface area contributed by atoms with Crippen LogP contribution >= 0.6 is 0 Å². The van der Waals surface area contributed by atoms with Gasteiger partial charge >= 0.3 is 0 Å². The molecule has 2 aromatic heterocycles. The summed E-state index contributed by atoms with van der Waals surface area (Å²) < 4.78 is 2.41. The molecular formula is C39H24N2. The minimum atomic E-state index is 1.01. The molecule has 2 nitrogen and oxygen atoms in total. The van der Waals surface area contributed by atoms with E-state index >= 15 is 0 Å². The van der Waals surface area contributed by atoms with Gasteiger partial charge in [0.1, 0.15) is 0 Å². The SMILES string of the molecule is c1ccc2c(c1)-c1cc(-n3c4ccccc4c4ccccc43)ccc1-c1ccccc1-c1c-2ccc2ncccc12. The van der Waals surface area contributed by atoms with E-state index in [1.165, 1.54) is 71.7 Å². The Morgan fingerprint density at radius 3 is 1.66 bits per heavy atom. The lowest BCUT2D eigenvalue weighted by Crippen LogP contribution is -2.00. The Hall–Kier alpha value is -5.47. The van der Waals surface area contributed by atoms with Gasteiger partial charge in [-0.15, -0.1) is 0 Å². The van der Waals surface area contributed by atoms with Gasteiger partial charge in [0.15, 0.2) is 0 Å². The number of fused-ring (bicyclic) bond motifs is 13. The molecule has 0 fully saturated rings. The van der Waals surface area contributed by atoms with Gasteiger partial charge in [-0.1, -0.05) is 103 Å². The molecule has 8 aromatic rings. The molecule has 2 heteroatoms. The van der Waals surface area contributed by atoms with Crippen LogP contribution < -0.4 is 0 Å². The molecule has 1 aliphatic rings. The Morgan fingerprint density at radius 2 is 0.927 bits per heavy atom. The van der Waals surface area contributed by atoms with Gasteiger partial charge in [0.25, 0.3) is 0 Å². The van der Waals surface area contributed by atoms with E-state index in [0.29, 0.717) is 0 Å². The van der Waals surface area contributed by atoms with Crippen LogP contribution in [0.25, 0.3) is 82.9 Å². The molecule has 0 unspecified atom stereocenters. The first kappa shape index (κ1) is 22.4. The highest BCUT2D eigenvalue weighted by Crippen LogP contribution is 2.50. The second-order valence-electron chi connectivity index (χ2n) is 10.7. The van der Waals surface area contributed by atoms with E-state index in [2.05, 4.69) is 138 Å². The number of benzene rings is 6. The fourth-order valence-corrected chi connectivity index (χ4v) is 6.89. The average Bonchev–Trinajstić information content (AvgIpc) is 3.38. The van der Waals surface area contributed by atoms with Crippen LogP contribution in [0, 0.1) is 0 Å². The Bertz CT molecular complexity index is 2260. The molecule has 0 bridgehead atoms. The first-order chi connectivity index (χ1) is 20.4. The lowest BCUT2D eigenvalue weighted by Gasteiger charge is -2.24. The molecule has 6 aromatic carbocycles. The summed E-state index contributed by atoms with van der Waals surface area (Å²) in [6.07, 6.45) is 1.88. The molecule has 0 aliphatic heterocycles. The molecule has 0 saturated carbocycles. The summed E-state index contributed by atoms with van der Waals surface area (Å²) in [6.45, 7) is 0. The van der Waals surface area contributed by atoms with Gasteiger partial charge in [-0.25, -0.2) is 0 Å². The van der Waals surface area contributed by atoms with E-state index in [9.17, 15) is 0 Å². The van der Waals surface area contributed by atoms with Crippen molar-refractivity contribution in [2.45, 2.75) is 0 Å². The van der Waals surface area contributed by atoms with Gasteiger partial charge in [0, 0.05) is 28.0 Å². The predicted octanol–water partition coefficient (Wildman–Crippen LogP) is 10.3. The molecule has 0 N–H and O–H groups in total. The van der Waals surface area contributed by atoms with E-state index in [4.69, 9.17) is 4.98 Å². The lowest BCUT2D eigenvalue weighted by molar-refractivity contribution is 1.18. The average molecular weight is 521 g/mol. The molecule has 41 heavy (non-hydrogen) atoms. The molecule has 9 rings (SSSR count). The zero-order valence-corrected chi connectivity index (χ0v) is 22.3. The van der Waals surface area contributed by atoms with Crippen molar-refractivity contribution in [1.29, 1.82) is 0 Å². The largest absolute Gasteiger partial charge is 0.309 e. The highest BCUT2D eigenvalue weighted by molar-refractivity contribution is 6.12. The summed E-state index contributed by atoms with van der Waals surface area (Å²) in [5.74, 6) is 0. The van der Waals surface area contributed by atoms with E-state index in [0.717, 1.165) is 11.2 Å². The summed E-state index contributed by atoms with van der Waals surface area (Å²) in [6, 6.07) is 50.7. The van der Waals surface area contributed by atoms with Crippen molar-refractivity contribution >= 4 is 32.7 Å². The number of pyridine rings is 1. The van der Waals surface area contributed by atoms with Gasteiger partial charge < -0.3 is 4.57 Å². The molecule has 1 aliphatic carbocycles. The number of nitrogens with zero attached hydrogens (tertiary/aromatic N) is 2. The maximum Gasteiger partial charge on any atom is 0.0708 e. The quantitative estimate of drug-likeness (QED) is 0.210. The Balaban J connectivity index is 1.41. The smallest absolute Gasteiger partial charge is 0.0708 e. The van der Waals surface area contributed by atoms with Gasteiger partial charge in [0.2, 0.25) is 0 Å². The Labute approximate surface area is 237 Å². The molecule has 0 radical (unpaired) electrons. The fraction of sp³-hybridized carbons (Fsp3) is 0. The summed E-state index contributed by atoms with van der Waals surface area (Å²) in [7, 11) is 0. The maximum atomic E-state index is 4.70. The molecule has 2 heterocycles. The second kappa shape index (κ2) is 8.51. The molecular weight excluding hydrogens is 496 g/mol. The van der Waals surface area contributed by atoms with Crippen molar-refractivity contribution in [2.75, 3.05) is 0 Å². The Morgan fingerprint density at radius 1 is 0.390 bits per heavy atom. The molecule has 190 valence electrons. The van der Waals surface area contributed by atoms with Gasteiger partial charge in [-0.3, -0.25) is 4.98 Å². The van der Waals surface area contributed by atoms with Crippen molar-refractivity contribution in [3.63, 3.8) is 0 Å². The van der Waals surface area contributed by atoms with Crippen LogP contribution in [0.2, 0.25) is 0 Å².